The van der Waals surface area contributed by atoms with Crippen molar-refractivity contribution >= 4 is 11.6 Å². The standard InChI is InChI=1S/C25H33N3O/c1-19-7-6-8-20(15-19)16-25(29)26-18-24(28-12-4-3-5-13-28)21-9-10-23-22(17-21)11-14-27(23)2/h6-10,15,17,24H,3-5,11-14,16,18H2,1-2H3,(H,26,29). The number of amides is 1. The van der Waals surface area contributed by atoms with Crippen LogP contribution in [-0.2, 0) is 17.6 Å². The van der Waals surface area contributed by atoms with Crippen LogP contribution in [0.2, 0.25) is 0 Å². The van der Waals surface area contributed by atoms with E-state index in [1.54, 1.807) is 0 Å². The van der Waals surface area contributed by atoms with Crippen LogP contribution >= 0.6 is 0 Å². The van der Waals surface area contributed by atoms with E-state index in [1.165, 1.54) is 41.6 Å². The van der Waals surface area contributed by atoms with Crippen molar-refractivity contribution in [3.05, 3.63) is 64.7 Å². The number of likely N-dealkylation sites (tertiary alicyclic amines) is 1. The van der Waals surface area contributed by atoms with E-state index in [2.05, 4.69) is 59.4 Å². The zero-order valence-electron chi connectivity index (χ0n) is 17.8. The number of rotatable bonds is 6. The fourth-order valence-corrected chi connectivity index (χ4v) is 4.76. The van der Waals surface area contributed by atoms with Crippen LogP contribution in [0.25, 0.3) is 0 Å². The maximum atomic E-state index is 12.6. The molecular formula is C25H33N3O. The van der Waals surface area contributed by atoms with E-state index in [0.717, 1.165) is 31.6 Å². The molecule has 2 aromatic rings. The number of piperidine rings is 1. The lowest BCUT2D eigenvalue weighted by molar-refractivity contribution is -0.120. The zero-order chi connectivity index (χ0) is 20.2. The number of hydrogen-bond acceptors (Lipinski definition) is 3. The number of benzene rings is 2. The van der Waals surface area contributed by atoms with Gasteiger partial charge in [0.2, 0.25) is 5.91 Å². The molecular weight excluding hydrogens is 358 g/mol. The Morgan fingerprint density at radius 1 is 1.07 bits per heavy atom. The van der Waals surface area contributed by atoms with Crippen molar-refractivity contribution in [2.24, 2.45) is 0 Å². The van der Waals surface area contributed by atoms with Crippen molar-refractivity contribution in [1.82, 2.24) is 10.2 Å². The Bertz CT molecular complexity index is 857. The van der Waals surface area contributed by atoms with Crippen LogP contribution in [0.1, 0.15) is 47.6 Å². The van der Waals surface area contributed by atoms with Gasteiger partial charge in [-0.05, 0) is 62.0 Å². The molecule has 154 valence electrons. The van der Waals surface area contributed by atoms with Gasteiger partial charge in [0.05, 0.1) is 12.5 Å². The lowest BCUT2D eigenvalue weighted by atomic mass is 9.98. The van der Waals surface area contributed by atoms with Gasteiger partial charge in [0.15, 0.2) is 0 Å². The van der Waals surface area contributed by atoms with Crippen LogP contribution in [0.5, 0.6) is 0 Å². The molecule has 2 aliphatic heterocycles. The van der Waals surface area contributed by atoms with Gasteiger partial charge in [-0.15, -0.1) is 0 Å². The second-order valence-electron chi connectivity index (χ2n) is 8.64. The van der Waals surface area contributed by atoms with Crippen LogP contribution in [-0.4, -0.2) is 44.0 Å². The molecule has 1 saturated heterocycles. The van der Waals surface area contributed by atoms with Crippen LogP contribution in [0.4, 0.5) is 5.69 Å². The average Bonchev–Trinajstić information content (AvgIpc) is 3.09. The summed E-state index contributed by atoms with van der Waals surface area (Å²) in [5, 5.41) is 3.23. The van der Waals surface area contributed by atoms with Gasteiger partial charge < -0.3 is 10.2 Å². The van der Waals surface area contributed by atoms with Crippen LogP contribution in [0.3, 0.4) is 0 Å². The van der Waals surface area contributed by atoms with E-state index in [4.69, 9.17) is 0 Å². The number of anilines is 1. The highest BCUT2D eigenvalue weighted by atomic mass is 16.1. The van der Waals surface area contributed by atoms with Crippen molar-refractivity contribution in [3.8, 4) is 0 Å². The maximum Gasteiger partial charge on any atom is 0.224 e. The van der Waals surface area contributed by atoms with Gasteiger partial charge in [-0.25, -0.2) is 0 Å². The highest BCUT2D eigenvalue weighted by Crippen LogP contribution is 2.32. The molecule has 2 heterocycles. The van der Waals surface area contributed by atoms with Gasteiger partial charge >= 0.3 is 0 Å². The predicted molar refractivity (Wildman–Crippen MR) is 119 cm³/mol. The average molecular weight is 392 g/mol. The smallest absolute Gasteiger partial charge is 0.224 e. The normalized spacial score (nSPS) is 17.8. The minimum Gasteiger partial charge on any atom is -0.374 e. The van der Waals surface area contributed by atoms with Gasteiger partial charge in [-0.3, -0.25) is 9.69 Å². The molecule has 1 N–H and O–H groups in total. The van der Waals surface area contributed by atoms with E-state index in [-0.39, 0.29) is 11.9 Å². The Balaban J connectivity index is 1.47. The second kappa shape index (κ2) is 9.00. The Kier molecular flexibility index (Phi) is 6.19. The van der Waals surface area contributed by atoms with Gasteiger partial charge in [0.1, 0.15) is 0 Å². The van der Waals surface area contributed by atoms with Crippen LogP contribution in [0.15, 0.2) is 42.5 Å². The monoisotopic (exact) mass is 391 g/mol. The van der Waals surface area contributed by atoms with E-state index in [0.29, 0.717) is 13.0 Å². The SMILES string of the molecule is Cc1cccc(CC(=O)NCC(c2ccc3c(c2)CCN3C)N2CCCCC2)c1. The second-order valence-corrected chi connectivity index (χ2v) is 8.64. The third kappa shape index (κ3) is 4.81. The molecule has 1 atom stereocenters. The van der Waals surface area contributed by atoms with E-state index >= 15 is 0 Å². The summed E-state index contributed by atoms with van der Waals surface area (Å²) in [5.41, 5.74) is 6.42. The summed E-state index contributed by atoms with van der Waals surface area (Å²) >= 11 is 0. The van der Waals surface area contributed by atoms with Crippen molar-refractivity contribution < 1.29 is 4.79 Å². The van der Waals surface area contributed by atoms with Gasteiger partial charge in [-0.2, -0.15) is 0 Å². The topological polar surface area (TPSA) is 35.6 Å². The van der Waals surface area contributed by atoms with E-state index in [9.17, 15) is 4.79 Å². The Labute approximate surface area is 174 Å². The van der Waals surface area contributed by atoms with Gasteiger partial charge in [0.25, 0.3) is 0 Å². The molecule has 4 rings (SSSR count). The molecule has 0 bridgehead atoms. The van der Waals surface area contributed by atoms with E-state index in [1.807, 2.05) is 12.1 Å². The molecule has 1 unspecified atom stereocenters. The van der Waals surface area contributed by atoms with Crippen molar-refractivity contribution in [2.75, 3.05) is 38.1 Å². The molecule has 0 radical (unpaired) electrons. The van der Waals surface area contributed by atoms with Crippen molar-refractivity contribution in [1.29, 1.82) is 0 Å². The third-order valence-corrected chi connectivity index (χ3v) is 6.39. The maximum absolute atomic E-state index is 12.6. The number of carbonyl (C=O) groups is 1. The summed E-state index contributed by atoms with van der Waals surface area (Å²) in [7, 11) is 2.17. The highest BCUT2D eigenvalue weighted by Gasteiger charge is 2.25. The predicted octanol–water partition coefficient (Wildman–Crippen LogP) is 3.87. The summed E-state index contributed by atoms with van der Waals surface area (Å²) in [6, 6.07) is 15.4. The molecule has 2 aromatic carbocycles. The molecule has 0 aromatic heterocycles. The number of nitrogens with zero attached hydrogens (tertiary/aromatic N) is 2. The number of hydrogen-bond donors (Lipinski definition) is 1. The summed E-state index contributed by atoms with van der Waals surface area (Å²) < 4.78 is 0. The minimum atomic E-state index is 0.110. The molecule has 0 spiro atoms. The van der Waals surface area contributed by atoms with Crippen molar-refractivity contribution in [2.45, 2.75) is 45.1 Å². The largest absolute Gasteiger partial charge is 0.374 e. The first-order chi connectivity index (χ1) is 14.1. The fraction of sp³-hybridized carbons (Fsp3) is 0.480. The molecule has 1 amide bonds. The Morgan fingerprint density at radius 2 is 1.90 bits per heavy atom. The molecule has 2 aliphatic rings. The third-order valence-electron chi connectivity index (χ3n) is 6.39. The highest BCUT2D eigenvalue weighted by molar-refractivity contribution is 5.78. The van der Waals surface area contributed by atoms with E-state index < -0.39 is 0 Å². The van der Waals surface area contributed by atoms with Crippen LogP contribution < -0.4 is 10.2 Å². The molecule has 4 heteroatoms. The zero-order valence-corrected chi connectivity index (χ0v) is 17.8. The van der Waals surface area contributed by atoms with Crippen molar-refractivity contribution in [3.63, 3.8) is 0 Å². The lowest BCUT2D eigenvalue weighted by Gasteiger charge is -2.35. The lowest BCUT2D eigenvalue weighted by Crippen LogP contribution is -2.41. The quantitative estimate of drug-likeness (QED) is 0.812. The molecule has 29 heavy (non-hydrogen) atoms. The van der Waals surface area contributed by atoms with Crippen LogP contribution in [0, 0.1) is 6.92 Å². The number of aryl methyl sites for hydroxylation is 1. The molecule has 0 aliphatic carbocycles. The number of nitrogens with one attached hydrogen (secondary N) is 1. The number of carbonyl (C=O) groups excluding carboxylic acids is 1. The molecule has 0 saturated carbocycles. The number of likely N-dealkylation sites (N-methyl/N-ethyl adjacent to an activating group) is 1. The number of fused-ring (bicyclic) bond motifs is 1. The summed E-state index contributed by atoms with van der Waals surface area (Å²) in [6.07, 6.45) is 5.39. The first kappa shape index (κ1) is 20.0. The van der Waals surface area contributed by atoms with Gasteiger partial charge in [0, 0.05) is 25.8 Å². The Morgan fingerprint density at radius 3 is 2.69 bits per heavy atom. The fourth-order valence-electron chi connectivity index (χ4n) is 4.76. The molecule has 1 fully saturated rings. The Hall–Kier alpha value is -2.33. The summed E-state index contributed by atoms with van der Waals surface area (Å²) in [5.74, 6) is 0.110. The first-order valence-electron chi connectivity index (χ1n) is 11.0. The minimum absolute atomic E-state index is 0.110. The first-order valence-corrected chi connectivity index (χ1v) is 11.0. The molecule has 4 nitrogen and oxygen atoms in total. The summed E-state index contributed by atoms with van der Waals surface area (Å²) in [6.45, 7) is 6.09. The summed E-state index contributed by atoms with van der Waals surface area (Å²) in [4.78, 5) is 17.5. The van der Waals surface area contributed by atoms with Gasteiger partial charge in [-0.1, -0.05) is 48.4 Å².